The monoisotopic (exact) mass is 392 g/mol. The van der Waals surface area contributed by atoms with E-state index in [1.54, 1.807) is 7.11 Å². The molecule has 4 rings (SSSR count). The van der Waals surface area contributed by atoms with Crippen LogP contribution in [0.5, 0.6) is 5.75 Å². The van der Waals surface area contributed by atoms with Crippen LogP contribution >= 0.6 is 0 Å². The van der Waals surface area contributed by atoms with Gasteiger partial charge in [-0.2, -0.15) is 4.98 Å². The molecule has 1 saturated heterocycles. The third-order valence-electron chi connectivity index (χ3n) is 5.08. The van der Waals surface area contributed by atoms with E-state index >= 15 is 0 Å². The summed E-state index contributed by atoms with van der Waals surface area (Å²) in [7, 11) is 1.62. The molecule has 0 spiro atoms. The highest BCUT2D eigenvalue weighted by atomic mass is 16.5. The molecule has 7 nitrogen and oxygen atoms in total. The number of amides is 1. The second-order valence-corrected chi connectivity index (χ2v) is 7.11. The van der Waals surface area contributed by atoms with Crippen LogP contribution in [0.3, 0.4) is 0 Å². The summed E-state index contributed by atoms with van der Waals surface area (Å²) in [6, 6.07) is 17.2. The molecule has 1 N–H and O–H groups in total. The lowest BCUT2D eigenvalue weighted by molar-refractivity contribution is -0.120. The van der Waals surface area contributed by atoms with Gasteiger partial charge in [0.1, 0.15) is 5.75 Å². The first-order valence-electron chi connectivity index (χ1n) is 9.75. The summed E-state index contributed by atoms with van der Waals surface area (Å²) >= 11 is 0. The molecule has 1 aromatic heterocycles. The van der Waals surface area contributed by atoms with Crippen molar-refractivity contribution < 1.29 is 14.1 Å². The molecule has 0 unspecified atom stereocenters. The van der Waals surface area contributed by atoms with Gasteiger partial charge in [-0.3, -0.25) is 9.69 Å². The number of hydrogen-bond acceptors (Lipinski definition) is 6. The minimum Gasteiger partial charge on any atom is -0.497 e. The Bertz CT molecular complexity index is 940. The van der Waals surface area contributed by atoms with Gasteiger partial charge in [0.2, 0.25) is 11.8 Å². The maximum Gasteiger partial charge on any atom is 0.241 e. The van der Waals surface area contributed by atoms with E-state index in [-0.39, 0.29) is 11.9 Å². The van der Waals surface area contributed by atoms with Crippen molar-refractivity contribution in [2.75, 3.05) is 19.0 Å². The van der Waals surface area contributed by atoms with Crippen molar-refractivity contribution in [3.63, 3.8) is 0 Å². The third kappa shape index (κ3) is 4.81. The van der Waals surface area contributed by atoms with Crippen molar-refractivity contribution in [2.45, 2.75) is 31.8 Å². The normalized spacial score (nSPS) is 16.7. The van der Waals surface area contributed by atoms with Gasteiger partial charge in [0.15, 0.2) is 5.82 Å². The molecule has 2 aromatic carbocycles. The lowest BCUT2D eigenvalue weighted by Crippen LogP contribution is -2.39. The minimum absolute atomic E-state index is 0.0170. The molecule has 0 radical (unpaired) electrons. The van der Waals surface area contributed by atoms with E-state index in [1.807, 2.05) is 54.6 Å². The van der Waals surface area contributed by atoms with E-state index in [9.17, 15) is 4.79 Å². The molecule has 1 fully saturated rings. The van der Waals surface area contributed by atoms with Crippen LogP contribution < -0.4 is 10.1 Å². The Kier molecular flexibility index (Phi) is 5.86. The Labute approximate surface area is 169 Å². The van der Waals surface area contributed by atoms with E-state index in [4.69, 9.17) is 9.26 Å². The second-order valence-electron chi connectivity index (χ2n) is 7.11. The van der Waals surface area contributed by atoms with Gasteiger partial charge in [0.25, 0.3) is 0 Å². The zero-order valence-corrected chi connectivity index (χ0v) is 16.4. The number of carbonyl (C=O) groups excluding carboxylic acids is 1. The maximum atomic E-state index is 12.8. The number of benzene rings is 2. The van der Waals surface area contributed by atoms with Gasteiger partial charge >= 0.3 is 0 Å². The summed E-state index contributed by atoms with van der Waals surface area (Å²) in [4.78, 5) is 19.4. The molecule has 1 atom stereocenters. The van der Waals surface area contributed by atoms with Crippen molar-refractivity contribution in [3.8, 4) is 5.75 Å². The fraction of sp³-hybridized carbons (Fsp3) is 0.318. The molecule has 0 saturated carbocycles. The summed E-state index contributed by atoms with van der Waals surface area (Å²) in [6.07, 6.45) is 2.41. The zero-order valence-electron chi connectivity index (χ0n) is 16.4. The van der Waals surface area contributed by atoms with E-state index in [1.165, 1.54) is 0 Å². The molecule has 1 aliphatic heterocycles. The van der Waals surface area contributed by atoms with Crippen molar-refractivity contribution in [1.29, 1.82) is 0 Å². The molecular formula is C22H24N4O3. The Morgan fingerprint density at radius 2 is 2.00 bits per heavy atom. The summed E-state index contributed by atoms with van der Waals surface area (Å²) in [5.41, 5.74) is 1.89. The molecule has 1 amide bonds. The van der Waals surface area contributed by atoms with Crippen LogP contribution in [0.25, 0.3) is 0 Å². The summed E-state index contributed by atoms with van der Waals surface area (Å²) in [5.74, 6) is 1.94. The summed E-state index contributed by atoms with van der Waals surface area (Å²) in [6.45, 7) is 1.31. The van der Waals surface area contributed by atoms with Gasteiger partial charge in [0.05, 0.1) is 19.7 Å². The van der Waals surface area contributed by atoms with Crippen molar-refractivity contribution in [2.24, 2.45) is 0 Å². The number of carbonyl (C=O) groups is 1. The topological polar surface area (TPSA) is 80.5 Å². The van der Waals surface area contributed by atoms with E-state index < -0.39 is 0 Å². The van der Waals surface area contributed by atoms with Gasteiger partial charge in [-0.05, 0) is 49.2 Å². The van der Waals surface area contributed by atoms with Crippen LogP contribution in [0.2, 0.25) is 0 Å². The SMILES string of the molecule is COc1ccc(NC(=O)[C@H]2CCCN2Cc2nc(Cc3ccccc3)no2)cc1. The van der Waals surface area contributed by atoms with E-state index in [0.29, 0.717) is 24.7 Å². The minimum atomic E-state index is -0.207. The van der Waals surface area contributed by atoms with Crippen molar-refractivity contribution in [1.82, 2.24) is 15.0 Å². The van der Waals surface area contributed by atoms with Gasteiger partial charge in [0, 0.05) is 12.1 Å². The van der Waals surface area contributed by atoms with E-state index in [0.717, 1.165) is 36.4 Å². The van der Waals surface area contributed by atoms with Crippen molar-refractivity contribution in [3.05, 3.63) is 71.9 Å². The Morgan fingerprint density at radius 1 is 1.21 bits per heavy atom. The number of nitrogens with zero attached hydrogens (tertiary/aromatic N) is 3. The lowest BCUT2D eigenvalue weighted by Gasteiger charge is -2.22. The van der Waals surface area contributed by atoms with Crippen LogP contribution in [0.4, 0.5) is 5.69 Å². The Balaban J connectivity index is 1.36. The number of aromatic nitrogens is 2. The molecule has 2 heterocycles. The molecule has 1 aliphatic rings. The van der Waals surface area contributed by atoms with E-state index in [2.05, 4.69) is 20.4 Å². The standard InChI is InChI=1S/C22H24N4O3/c1-28-18-11-9-17(10-12-18)23-22(27)19-8-5-13-26(19)15-21-24-20(25-29-21)14-16-6-3-2-4-7-16/h2-4,6-7,9-12,19H,5,8,13-15H2,1H3,(H,23,27)/t19-/m1/s1. The van der Waals surface area contributed by atoms with Crippen LogP contribution in [-0.2, 0) is 17.8 Å². The van der Waals surface area contributed by atoms with Gasteiger partial charge in [-0.15, -0.1) is 0 Å². The number of nitrogens with one attached hydrogen (secondary N) is 1. The molecule has 150 valence electrons. The first-order valence-corrected chi connectivity index (χ1v) is 9.75. The number of hydrogen-bond donors (Lipinski definition) is 1. The molecule has 0 aliphatic carbocycles. The molecular weight excluding hydrogens is 368 g/mol. The van der Waals surface area contributed by atoms with Crippen LogP contribution in [0.1, 0.15) is 30.1 Å². The van der Waals surface area contributed by atoms with Crippen LogP contribution in [0, 0.1) is 0 Å². The highest BCUT2D eigenvalue weighted by Gasteiger charge is 2.32. The molecule has 7 heteroatoms. The third-order valence-corrected chi connectivity index (χ3v) is 5.08. The first kappa shape index (κ1) is 19.1. The highest BCUT2D eigenvalue weighted by molar-refractivity contribution is 5.95. The zero-order chi connectivity index (χ0) is 20.1. The van der Waals surface area contributed by atoms with Gasteiger partial charge in [-0.1, -0.05) is 35.5 Å². The summed E-state index contributed by atoms with van der Waals surface area (Å²) in [5, 5.41) is 7.07. The summed E-state index contributed by atoms with van der Waals surface area (Å²) < 4.78 is 10.6. The average Bonchev–Trinajstić information content (AvgIpc) is 3.39. The number of ether oxygens (including phenoxy) is 1. The van der Waals surface area contributed by atoms with Crippen molar-refractivity contribution >= 4 is 11.6 Å². The number of likely N-dealkylation sites (tertiary alicyclic amines) is 1. The smallest absolute Gasteiger partial charge is 0.241 e. The molecule has 29 heavy (non-hydrogen) atoms. The van der Waals surface area contributed by atoms with Gasteiger partial charge < -0.3 is 14.6 Å². The second kappa shape index (κ2) is 8.87. The largest absolute Gasteiger partial charge is 0.497 e. The number of anilines is 1. The van der Waals surface area contributed by atoms with Crippen LogP contribution in [0.15, 0.2) is 59.1 Å². The number of methoxy groups -OCH3 is 1. The Hall–Kier alpha value is -3.19. The number of rotatable bonds is 7. The predicted octanol–water partition coefficient (Wildman–Crippen LogP) is 3.27. The Morgan fingerprint density at radius 3 is 2.76 bits per heavy atom. The predicted molar refractivity (Wildman–Crippen MR) is 109 cm³/mol. The first-order chi connectivity index (χ1) is 14.2. The molecule has 3 aromatic rings. The highest BCUT2D eigenvalue weighted by Crippen LogP contribution is 2.22. The molecule has 0 bridgehead atoms. The maximum absolute atomic E-state index is 12.8. The average molecular weight is 392 g/mol. The fourth-order valence-electron chi connectivity index (χ4n) is 3.59. The lowest BCUT2D eigenvalue weighted by atomic mass is 10.1. The fourth-order valence-corrected chi connectivity index (χ4v) is 3.59. The van der Waals surface area contributed by atoms with Gasteiger partial charge in [-0.25, -0.2) is 0 Å². The van der Waals surface area contributed by atoms with Crippen LogP contribution in [-0.4, -0.2) is 40.6 Å². The quantitative estimate of drug-likeness (QED) is 0.665.